The number of sulfonamides is 1. The molecule has 158 valence electrons. The average molecular weight is 440 g/mol. The molecule has 4 rings (SSSR count). The third kappa shape index (κ3) is 4.60. The SMILES string of the molecule is Cc1noc2nc(-c3ccc(F)cc3)cc(C(=O)Nc3ccc(CS(N)(=O)=O)cc3)c12. The number of nitrogens with one attached hydrogen (secondary N) is 1. The van der Waals surface area contributed by atoms with Crippen LogP contribution in [0.25, 0.3) is 22.4 Å². The van der Waals surface area contributed by atoms with Crippen LogP contribution in [0.1, 0.15) is 21.6 Å². The Labute approximate surface area is 176 Å². The van der Waals surface area contributed by atoms with Gasteiger partial charge in [-0.1, -0.05) is 17.3 Å². The summed E-state index contributed by atoms with van der Waals surface area (Å²) in [5.74, 6) is -1.11. The van der Waals surface area contributed by atoms with Crippen molar-refractivity contribution in [2.75, 3.05) is 5.32 Å². The lowest BCUT2D eigenvalue weighted by Gasteiger charge is -2.09. The van der Waals surface area contributed by atoms with Crippen molar-refractivity contribution >= 4 is 32.7 Å². The van der Waals surface area contributed by atoms with Crippen LogP contribution < -0.4 is 10.5 Å². The van der Waals surface area contributed by atoms with Gasteiger partial charge in [0.25, 0.3) is 11.6 Å². The van der Waals surface area contributed by atoms with E-state index in [0.29, 0.717) is 33.6 Å². The van der Waals surface area contributed by atoms with Crippen molar-refractivity contribution in [1.82, 2.24) is 10.1 Å². The zero-order valence-corrected chi connectivity index (χ0v) is 17.1. The number of primary sulfonamides is 1. The molecular formula is C21H17FN4O4S. The van der Waals surface area contributed by atoms with E-state index in [0.717, 1.165) is 0 Å². The number of nitrogens with two attached hydrogens (primary N) is 1. The number of aryl methyl sites for hydroxylation is 1. The van der Waals surface area contributed by atoms with Crippen LogP contribution in [-0.4, -0.2) is 24.5 Å². The van der Waals surface area contributed by atoms with Gasteiger partial charge in [0, 0.05) is 11.3 Å². The quantitative estimate of drug-likeness (QED) is 0.490. The summed E-state index contributed by atoms with van der Waals surface area (Å²) in [5, 5.41) is 12.2. The Bertz CT molecular complexity index is 1380. The summed E-state index contributed by atoms with van der Waals surface area (Å²) < 4.78 is 41.0. The van der Waals surface area contributed by atoms with Crippen molar-refractivity contribution in [2.24, 2.45) is 5.14 Å². The number of nitrogens with zero attached hydrogens (tertiary/aromatic N) is 2. The third-order valence-corrected chi connectivity index (χ3v) is 5.32. The standard InChI is InChI=1S/C21H17FN4O4S/c1-12-19-17(20(27)24-16-8-2-13(3-9-16)11-31(23,28)29)10-18(25-21(19)30-26-12)14-4-6-15(22)7-5-14/h2-10H,11H2,1H3,(H,24,27)(H2,23,28,29). The Morgan fingerprint density at radius 2 is 1.81 bits per heavy atom. The molecule has 0 saturated carbocycles. The van der Waals surface area contributed by atoms with Gasteiger partial charge in [-0.15, -0.1) is 0 Å². The number of pyridine rings is 1. The van der Waals surface area contributed by atoms with E-state index < -0.39 is 15.9 Å². The van der Waals surface area contributed by atoms with E-state index in [1.165, 1.54) is 12.1 Å². The molecule has 0 bridgehead atoms. The smallest absolute Gasteiger partial charge is 0.259 e. The molecule has 0 aliphatic rings. The highest BCUT2D eigenvalue weighted by Crippen LogP contribution is 2.28. The normalized spacial score (nSPS) is 11.6. The van der Waals surface area contributed by atoms with Gasteiger partial charge in [-0.05, 0) is 55.0 Å². The highest BCUT2D eigenvalue weighted by molar-refractivity contribution is 7.88. The number of anilines is 1. The molecule has 0 radical (unpaired) electrons. The average Bonchev–Trinajstić information content (AvgIpc) is 3.09. The zero-order valence-electron chi connectivity index (χ0n) is 16.3. The number of fused-ring (bicyclic) bond motifs is 1. The molecule has 2 aromatic heterocycles. The van der Waals surface area contributed by atoms with Crippen LogP contribution in [0, 0.1) is 12.7 Å². The molecule has 0 spiro atoms. The third-order valence-electron chi connectivity index (χ3n) is 4.58. The number of benzene rings is 2. The van der Waals surface area contributed by atoms with E-state index in [1.54, 1.807) is 49.4 Å². The molecule has 4 aromatic rings. The predicted molar refractivity (Wildman–Crippen MR) is 113 cm³/mol. The van der Waals surface area contributed by atoms with Crippen LogP contribution in [-0.2, 0) is 15.8 Å². The van der Waals surface area contributed by atoms with E-state index in [1.807, 2.05) is 0 Å². The number of halogens is 1. The molecule has 0 unspecified atom stereocenters. The van der Waals surface area contributed by atoms with Gasteiger partial charge in [0.1, 0.15) is 5.82 Å². The summed E-state index contributed by atoms with van der Waals surface area (Å²) in [4.78, 5) is 17.4. The van der Waals surface area contributed by atoms with Gasteiger partial charge < -0.3 is 9.84 Å². The fraction of sp³-hybridized carbons (Fsp3) is 0.0952. The van der Waals surface area contributed by atoms with Gasteiger partial charge in [-0.2, -0.15) is 0 Å². The van der Waals surface area contributed by atoms with Gasteiger partial charge in [0.15, 0.2) is 0 Å². The van der Waals surface area contributed by atoms with Crippen molar-refractivity contribution in [3.05, 3.63) is 77.2 Å². The molecule has 0 aliphatic carbocycles. The fourth-order valence-corrected chi connectivity index (χ4v) is 3.81. The number of carbonyl (C=O) groups excluding carboxylic acids is 1. The molecule has 3 N–H and O–H groups in total. The molecule has 2 aromatic carbocycles. The lowest BCUT2D eigenvalue weighted by atomic mass is 10.0. The zero-order chi connectivity index (χ0) is 22.2. The minimum Gasteiger partial charge on any atom is -0.335 e. The first-order chi connectivity index (χ1) is 14.7. The second-order valence-corrected chi connectivity index (χ2v) is 8.58. The molecule has 0 fully saturated rings. The number of amides is 1. The van der Waals surface area contributed by atoms with Gasteiger partial charge in [0.2, 0.25) is 10.0 Å². The lowest BCUT2D eigenvalue weighted by molar-refractivity contribution is 0.102. The first-order valence-electron chi connectivity index (χ1n) is 9.13. The molecule has 0 aliphatic heterocycles. The second kappa shape index (κ2) is 7.89. The molecule has 0 saturated heterocycles. The van der Waals surface area contributed by atoms with Crippen LogP contribution in [0.3, 0.4) is 0 Å². The summed E-state index contributed by atoms with van der Waals surface area (Å²) in [6.07, 6.45) is 0. The van der Waals surface area contributed by atoms with Crippen molar-refractivity contribution in [1.29, 1.82) is 0 Å². The molecule has 10 heteroatoms. The summed E-state index contributed by atoms with van der Waals surface area (Å²) in [7, 11) is -3.65. The summed E-state index contributed by atoms with van der Waals surface area (Å²) in [6, 6.07) is 13.6. The summed E-state index contributed by atoms with van der Waals surface area (Å²) in [5.41, 5.74) is 2.98. The van der Waals surface area contributed by atoms with Gasteiger partial charge in [-0.25, -0.2) is 22.9 Å². The predicted octanol–water partition coefficient (Wildman–Crippen LogP) is 3.38. The highest BCUT2D eigenvalue weighted by Gasteiger charge is 2.19. The van der Waals surface area contributed by atoms with Crippen LogP contribution in [0.4, 0.5) is 10.1 Å². The topological polar surface area (TPSA) is 128 Å². The molecule has 1 amide bonds. The first-order valence-corrected chi connectivity index (χ1v) is 10.8. The fourth-order valence-electron chi connectivity index (χ4n) is 3.16. The van der Waals surface area contributed by atoms with Crippen molar-refractivity contribution in [3.8, 4) is 11.3 Å². The monoisotopic (exact) mass is 440 g/mol. The van der Waals surface area contributed by atoms with Gasteiger partial charge in [0.05, 0.1) is 28.1 Å². The van der Waals surface area contributed by atoms with E-state index in [2.05, 4.69) is 15.5 Å². The Kier molecular flexibility index (Phi) is 5.25. The highest BCUT2D eigenvalue weighted by atomic mass is 32.2. The maximum absolute atomic E-state index is 13.3. The van der Waals surface area contributed by atoms with Crippen molar-refractivity contribution in [3.63, 3.8) is 0 Å². The number of carbonyl (C=O) groups is 1. The van der Waals surface area contributed by atoms with Crippen LogP contribution in [0.5, 0.6) is 0 Å². The second-order valence-electron chi connectivity index (χ2n) is 6.97. The Hall–Kier alpha value is -3.63. The maximum Gasteiger partial charge on any atom is 0.259 e. The Balaban J connectivity index is 1.68. The first kappa shape index (κ1) is 20.6. The molecule has 31 heavy (non-hydrogen) atoms. The number of hydrogen-bond donors (Lipinski definition) is 2. The van der Waals surface area contributed by atoms with E-state index in [4.69, 9.17) is 9.66 Å². The van der Waals surface area contributed by atoms with Crippen molar-refractivity contribution < 1.29 is 22.1 Å². The summed E-state index contributed by atoms with van der Waals surface area (Å²) in [6.45, 7) is 1.70. The number of rotatable bonds is 5. The maximum atomic E-state index is 13.3. The largest absolute Gasteiger partial charge is 0.335 e. The molecular weight excluding hydrogens is 423 g/mol. The summed E-state index contributed by atoms with van der Waals surface area (Å²) >= 11 is 0. The number of aromatic nitrogens is 2. The lowest BCUT2D eigenvalue weighted by Crippen LogP contribution is -2.15. The minimum absolute atomic E-state index is 0.188. The van der Waals surface area contributed by atoms with Crippen LogP contribution in [0.2, 0.25) is 0 Å². The van der Waals surface area contributed by atoms with Crippen LogP contribution in [0.15, 0.2) is 59.1 Å². The van der Waals surface area contributed by atoms with Crippen molar-refractivity contribution in [2.45, 2.75) is 12.7 Å². The van der Waals surface area contributed by atoms with E-state index in [-0.39, 0.29) is 22.8 Å². The van der Waals surface area contributed by atoms with Crippen LogP contribution >= 0.6 is 0 Å². The van der Waals surface area contributed by atoms with Gasteiger partial charge in [-0.3, -0.25) is 4.79 Å². The Morgan fingerprint density at radius 3 is 2.45 bits per heavy atom. The van der Waals surface area contributed by atoms with Gasteiger partial charge >= 0.3 is 0 Å². The number of hydrogen-bond acceptors (Lipinski definition) is 6. The van der Waals surface area contributed by atoms with E-state index >= 15 is 0 Å². The molecule has 2 heterocycles. The molecule has 0 atom stereocenters. The van der Waals surface area contributed by atoms with E-state index in [9.17, 15) is 17.6 Å². The minimum atomic E-state index is -3.65. The Morgan fingerprint density at radius 1 is 1.13 bits per heavy atom. The molecule has 8 nitrogen and oxygen atoms in total.